The molecule has 82 valence electrons. The molecule has 1 unspecified atom stereocenters. The largest absolute Gasteiger partial charge is 0.402 e. The lowest BCUT2D eigenvalue weighted by Crippen LogP contribution is -2.10. The minimum Gasteiger partial charge on any atom is -0.402 e. The van der Waals surface area contributed by atoms with Crippen LogP contribution in [0.3, 0.4) is 0 Å². The number of hydrogen-bond donors (Lipinski definition) is 2. The predicted octanol–water partition coefficient (Wildman–Crippen LogP) is 2.47. The zero-order valence-electron chi connectivity index (χ0n) is 8.48. The average molecular weight is 241 g/mol. The third-order valence-electron chi connectivity index (χ3n) is 1.68. The second kappa shape index (κ2) is 6.66. The molecule has 3 nitrogen and oxygen atoms in total. The molecule has 3 N–H and O–H groups in total. The molecule has 0 aromatic carbocycles. The first-order valence-electron chi connectivity index (χ1n) is 4.54. The van der Waals surface area contributed by atoms with Crippen LogP contribution in [0.15, 0.2) is 35.8 Å². The van der Waals surface area contributed by atoms with Crippen LogP contribution < -0.4 is 10.5 Å². The Balaban J connectivity index is 2.53. The number of aromatic nitrogens is 1. The number of allylic oxidation sites excluding steroid dienone is 1. The van der Waals surface area contributed by atoms with Crippen LogP contribution in [-0.4, -0.2) is 11.5 Å². The predicted molar refractivity (Wildman–Crippen MR) is 68.6 cm³/mol. The number of rotatable bonds is 7. The normalized spacial score (nSPS) is 12.3. The molecule has 1 rings (SSSR count). The van der Waals surface area contributed by atoms with Gasteiger partial charge in [-0.15, -0.1) is 17.9 Å². The first kappa shape index (κ1) is 12.3. The molecule has 0 aliphatic rings. The summed E-state index contributed by atoms with van der Waals surface area (Å²) in [6.07, 6.45) is 2.56. The van der Waals surface area contributed by atoms with Gasteiger partial charge in [-0.05, 0) is 0 Å². The minimum atomic E-state index is 0.230. The Hall–Kier alpha value is -0.780. The molecule has 0 radical (unpaired) electrons. The Morgan fingerprint density at radius 1 is 1.80 bits per heavy atom. The van der Waals surface area contributed by atoms with Crippen molar-refractivity contribution < 1.29 is 0 Å². The summed E-state index contributed by atoms with van der Waals surface area (Å²) >= 11 is 3.21. The van der Waals surface area contributed by atoms with Gasteiger partial charge in [0.15, 0.2) is 0 Å². The fourth-order valence-corrected chi connectivity index (χ4v) is 2.69. The van der Waals surface area contributed by atoms with E-state index in [0.717, 1.165) is 18.7 Å². The highest BCUT2D eigenvalue weighted by molar-refractivity contribution is 7.97. The Labute approximate surface area is 98.6 Å². The van der Waals surface area contributed by atoms with Gasteiger partial charge in [-0.1, -0.05) is 24.6 Å². The Morgan fingerprint density at radius 2 is 2.60 bits per heavy atom. The summed E-state index contributed by atoms with van der Waals surface area (Å²) in [5, 5.41) is 2.27. The summed E-state index contributed by atoms with van der Waals surface area (Å²) in [5.74, 6) is 0. The van der Waals surface area contributed by atoms with E-state index in [4.69, 9.17) is 5.73 Å². The molecule has 5 heteroatoms. The van der Waals surface area contributed by atoms with Crippen LogP contribution in [0.5, 0.6) is 0 Å². The van der Waals surface area contributed by atoms with Crippen LogP contribution in [-0.2, 0) is 0 Å². The smallest absolute Gasteiger partial charge is 0.0795 e. The van der Waals surface area contributed by atoms with Crippen molar-refractivity contribution in [2.75, 3.05) is 6.54 Å². The van der Waals surface area contributed by atoms with Crippen molar-refractivity contribution in [1.29, 1.82) is 0 Å². The van der Waals surface area contributed by atoms with Crippen molar-refractivity contribution in [2.24, 2.45) is 5.73 Å². The first-order valence-corrected chi connectivity index (χ1v) is 6.37. The van der Waals surface area contributed by atoms with E-state index in [-0.39, 0.29) is 5.25 Å². The number of hydrogen-bond acceptors (Lipinski definition) is 5. The standard InChI is InChI=1S/C10H15N3S2/c1-3-4-13-15-10(5-8(2)11)9-6-14-7-12-9/h3,6-7,10,13H,1-2,4-5,11H2. The first-order chi connectivity index (χ1) is 7.24. The molecule has 1 aromatic heterocycles. The number of nitrogens with one attached hydrogen (secondary N) is 1. The SMILES string of the molecule is C=CCNSC(CC(=C)N)c1cscn1. The molecule has 0 fully saturated rings. The van der Waals surface area contributed by atoms with Crippen molar-refractivity contribution in [3.05, 3.63) is 41.5 Å². The highest BCUT2D eigenvalue weighted by Crippen LogP contribution is 2.30. The van der Waals surface area contributed by atoms with Crippen LogP contribution in [0.1, 0.15) is 17.4 Å². The highest BCUT2D eigenvalue weighted by atomic mass is 32.2. The Bertz CT molecular complexity index is 308. The molecule has 0 bridgehead atoms. The number of nitrogens with two attached hydrogens (primary N) is 1. The second-order valence-corrected chi connectivity index (χ2v) is 4.83. The van der Waals surface area contributed by atoms with Gasteiger partial charge in [0.1, 0.15) is 0 Å². The van der Waals surface area contributed by atoms with Gasteiger partial charge in [0, 0.05) is 24.0 Å². The molecule has 0 spiro atoms. The highest BCUT2D eigenvalue weighted by Gasteiger charge is 2.14. The lowest BCUT2D eigenvalue weighted by molar-refractivity contribution is 0.870. The van der Waals surface area contributed by atoms with E-state index in [2.05, 4.69) is 22.9 Å². The summed E-state index contributed by atoms with van der Waals surface area (Å²) in [6.45, 7) is 8.14. The molecular weight excluding hydrogens is 226 g/mol. The minimum absolute atomic E-state index is 0.230. The second-order valence-electron chi connectivity index (χ2n) is 3.02. The van der Waals surface area contributed by atoms with E-state index in [1.807, 2.05) is 17.0 Å². The molecule has 0 amide bonds. The van der Waals surface area contributed by atoms with Gasteiger partial charge in [0.2, 0.25) is 0 Å². The summed E-state index contributed by atoms with van der Waals surface area (Å²) in [4.78, 5) is 4.28. The molecule has 1 aromatic rings. The van der Waals surface area contributed by atoms with Crippen LogP contribution in [0.2, 0.25) is 0 Å². The fourth-order valence-electron chi connectivity index (χ4n) is 1.03. The monoisotopic (exact) mass is 241 g/mol. The number of nitrogens with zero attached hydrogens (tertiary/aromatic N) is 1. The molecule has 0 aliphatic heterocycles. The average Bonchev–Trinajstić information content (AvgIpc) is 2.68. The van der Waals surface area contributed by atoms with Crippen LogP contribution in [0, 0.1) is 0 Å². The van der Waals surface area contributed by atoms with Crippen molar-refractivity contribution in [3.63, 3.8) is 0 Å². The van der Waals surface area contributed by atoms with Gasteiger partial charge in [-0.2, -0.15) is 0 Å². The van der Waals surface area contributed by atoms with E-state index < -0.39 is 0 Å². The van der Waals surface area contributed by atoms with Crippen molar-refractivity contribution >= 4 is 23.3 Å². The molecule has 15 heavy (non-hydrogen) atoms. The van der Waals surface area contributed by atoms with Crippen LogP contribution >= 0.6 is 23.3 Å². The zero-order valence-corrected chi connectivity index (χ0v) is 10.1. The topological polar surface area (TPSA) is 50.9 Å². The van der Waals surface area contributed by atoms with Gasteiger partial charge < -0.3 is 5.73 Å². The van der Waals surface area contributed by atoms with E-state index in [1.54, 1.807) is 23.3 Å². The van der Waals surface area contributed by atoms with Crippen molar-refractivity contribution in [3.8, 4) is 0 Å². The molecule has 1 heterocycles. The maximum Gasteiger partial charge on any atom is 0.0795 e. The third-order valence-corrected chi connectivity index (χ3v) is 3.31. The van der Waals surface area contributed by atoms with Gasteiger partial charge in [0.25, 0.3) is 0 Å². The Kier molecular flexibility index (Phi) is 5.45. The molecular formula is C10H15N3S2. The lowest BCUT2D eigenvalue weighted by atomic mass is 10.2. The van der Waals surface area contributed by atoms with Gasteiger partial charge >= 0.3 is 0 Å². The number of thiazole rings is 1. The fraction of sp³-hybridized carbons (Fsp3) is 0.300. The summed E-state index contributed by atoms with van der Waals surface area (Å²) < 4.78 is 3.20. The van der Waals surface area contributed by atoms with Crippen LogP contribution in [0.4, 0.5) is 0 Å². The summed E-state index contributed by atoms with van der Waals surface area (Å²) in [5.41, 5.74) is 9.18. The van der Waals surface area contributed by atoms with Crippen molar-refractivity contribution in [2.45, 2.75) is 11.7 Å². The van der Waals surface area contributed by atoms with E-state index in [9.17, 15) is 0 Å². The van der Waals surface area contributed by atoms with Gasteiger partial charge in [-0.3, -0.25) is 4.72 Å². The van der Waals surface area contributed by atoms with E-state index >= 15 is 0 Å². The van der Waals surface area contributed by atoms with Gasteiger partial charge in [0.05, 0.1) is 16.5 Å². The summed E-state index contributed by atoms with van der Waals surface area (Å²) in [7, 11) is 0. The molecule has 0 saturated heterocycles. The lowest BCUT2D eigenvalue weighted by Gasteiger charge is -2.13. The van der Waals surface area contributed by atoms with E-state index in [0.29, 0.717) is 5.70 Å². The zero-order chi connectivity index (χ0) is 11.1. The maximum absolute atomic E-state index is 5.62. The molecule has 1 atom stereocenters. The Morgan fingerprint density at radius 3 is 3.13 bits per heavy atom. The third kappa shape index (κ3) is 4.51. The molecule has 0 aliphatic carbocycles. The molecule has 0 saturated carbocycles. The van der Waals surface area contributed by atoms with Gasteiger partial charge in [-0.25, -0.2) is 4.98 Å². The maximum atomic E-state index is 5.62. The van der Waals surface area contributed by atoms with Crippen LogP contribution in [0.25, 0.3) is 0 Å². The van der Waals surface area contributed by atoms with E-state index in [1.165, 1.54) is 0 Å². The summed E-state index contributed by atoms with van der Waals surface area (Å²) in [6, 6.07) is 0. The quantitative estimate of drug-likeness (QED) is 0.437. The van der Waals surface area contributed by atoms with Crippen molar-refractivity contribution in [1.82, 2.24) is 9.71 Å².